The van der Waals surface area contributed by atoms with Gasteiger partial charge in [-0.1, -0.05) is 12.1 Å². The molecular formula is C16H15FN2O2. The van der Waals surface area contributed by atoms with E-state index in [9.17, 15) is 9.18 Å². The molecule has 0 aliphatic heterocycles. The first-order valence-corrected chi connectivity index (χ1v) is 6.51. The quantitative estimate of drug-likeness (QED) is 0.678. The van der Waals surface area contributed by atoms with Crippen molar-refractivity contribution in [2.24, 2.45) is 5.10 Å². The van der Waals surface area contributed by atoms with Crippen molar-refractivity contribution in [1.29, 1.82) is 0 Å². The minimum Gasteiger partial charge on any atom is -0.494 e. The van der Waals surface area contributed by atoms with Gasteiger partial charge in [-0.15, -0.1) is 0 Å². The topological polar surface area (TPSA) is 50.7 Å². The summed E-state index contributed by atoms with van der Waals surface area (Å²) in [6.45, 7) is 2.49. The molecule has 2 rings (SSSR count). The van der Waals surface area contributed by atoms with Gasteiger partial charge in [0.05, 0.1) is 12.8 Å². The number of nitrogens with one attached hydrogen (secondary N) is 1. The maximum absolute atomic E-state index is 12.8. The highest BCUT2D eigenvalue weighted by Gasteiger charge is 2.03. The van der Waals surface area contributed by atoms with Gasteiger partial charge in [0.25, 0.3) is 5.91 Å². The molecule has 5 heteroatoms. The van der Waals surface area contributed by atoms with Gasteiger partial charge in [-0.25, -0.2) is 9.82 Å². The van der Waals surface area contributed by atoms with Crippen molar-refractivity contribution in [2.45, 2.75) is 6.92 Å². The highest BCUT2D eigenvalue weighted by molar-refractivity contribution is 5.94. The molecule has 21 heavy (non-hydrogen) atoms. The van der Waals surface area contributed by atoms with Crippen LogP contribution in [0.3, 0.4) is 0 Å². The molecule has 2 aromatic carbocycles. The van der Waals surface area contributed by atoms with Crippen LogP contribution >= 0.6 is 0 Å². The summed E-state index contributed by atoms with van der Waals surface area (Å²) in [4.78, 5) is 11.7. The third-order valence-corrected chi connectivity index (χ3v) is 2.66. The molecule has 0 fully saturated rings. The van der Waals surface area contributed by atoms with Gasteiger partial charge < -0.3 is 4.74 Å². The molecule has 1 N–H and O–H groups in total. The number of rotatable bonds is 5. The monoisotopic (exact) mass is 286 g/mol. The number of hydrogen-bond donors (Lipinski definition) is 1. The Morgan fingerprint density at radius 3 is 2.76 bits per heavy atom. The second kappa shape index (κ2) is 7.19. The Kier molecular flexibility index (Phi) is 5.04. The Morgan fingerprint density at radius 2 is 2.05 bits per heavy atom. The maximum Gasteiger partial charge on any atom is 0.271 e. The summed E-state index contributed by atoms with van der Waals surface area (Å²) in [5.74, 6) is -0.0404. The van der Waals surface area contributed by atoms with Crippen LogP contribution in [0.5, 0.6) is 5.75 Å². The van der Waals surface area contributed by atoms with Crippen LogP contribution in [0.4, 0.5) is 4.39 Å². The summed E-state index contributed by atoms with van der Waals surface area (Å²) in [5, 5.41) is 3.87. The smallest absolute Gasteiger partial charge is 0.271 e. The van der Waals surface area contributed by atoms with Gasteiger partial charge in [0.1, 0.15) is 11.6 Å². The first-order chi connectivity index (χ1) is 10.2. The first-order valence-electron chi connectivity index (χ1n) is 6.51. The van der Waals surface area contributed by atoms with Crippen LogP contribution in [-0.4, -0.2) is 18.7 Å². The molecule has 0 unspecified atom stereocenters. The van der Waals surface area contributed by atoms with Gasteiger partial charge in [-0.05, 0) is 48.9 Å². The van der Waals surface area contributed by atoms with E-state index < -0.39 is 5.91 Å². The Bertz CT molecular complexity index is 639. The molecule has 0 saturated heterocycles. The summed E-state index contributed by atoms with van der Waals surface area (Å²) < 4.78 is 18.1. The number of carbonyl (C=O) groups excluding carboxylic acids is 1. The van der Waals surface area contributed by atoms with E-state index in [2.05, 4.69) is 10.5 Å². The number of benzene rings is 2. The molecule has 0 bridgehead atoms. The molecule has 0 heterocycles. The second-order valence-electron chi connectivity index (χ2n) is 4.21. The molecule has 2 aromatic rings. The lowest BCUT2D eigenvalue weighted by Gasteiger charge is -2.03. The van der Waals surface area contributed by atoms with E-state index >= 15 is 0 Å². The minimum absolute atomic E-state index is 0.344. The molecule has 0 radical (unpaired) electrons. The molecule has 0 aromatic heterocycles. The third-order valence-electron chi connectivity index (χ3n) is 2.66. The third kappa shape index (κ3) is 4.42. The van der Waals surface area contributed by atoms with Crippen LogP contribution in [0.25, 0.3) is 0 Å². The predicted octanol–water partition coefficient (Wildman–Crippen LogP) is 2.99. The minimum atomic E-state index is -0.396. The van der Waals surface area contributed by atoms with Crippen molar-refractivity contribution in [3.8, 4) is 5.75 Å². The molecule has 0 atom stereocenters. The van der Waals surface area contributed by atoms with Crippen LogP contribution in [0.2, 0.25) is 0 Å². The largest absolute Gasteiger partial charge is 0.494 e. The number of amides is 1. The normalized spacial score (nSPS) is 10.6. The number of halogens is 1. The van der Waals surface area contributed by atoms with Gasteiger partial charge in [-0.3, -0.25) is 4.79 Å². The molecule has 108 valence electrons. The van der Waals surface area contributed by atoms with E-state index in [-0.39, 0.29) is 5.82 Å². The highest BCUT2D eigenvalue weighted by atomic mass is 19.1. The Labute approximate surface area is 122 Å². The number of hydrazone groups is 1. The summed E-state index contributed by atoms with van der Waals surface area (Å²) in [6.07, 6.45) is 1.52. The fourth-order valence-electron chi connectivity index (χ4n) is 1.68. The van der Waals surface area contributed by atoms with Crippen LogP contribution in [-0.2, 0) is 0 Å². The number of hydrogen-bond acceptors (Lipinski definition) is 3. The molecule has 0 aliphatic rings. The second-order valence-corrected chi connectivity index (χ2v) is 4.21. The van der Waals surface area contributed by atoms with Crippen LogP contribution < -0.4 is 10.2 Å². The Hall–Kier alpha value is -2.69. The Morgan fingerprint density at radius 1 is 1.29 bits per heavy atom. The van der Waals surface area contributed by atoms with Crippen LogP contribution in [0, 0.1) is 5.82 Å². The van der Waals surface area contributed by atoms with Gasteiger partial charge >= 0.3 is 0 Å². The predicted molar refractivity (Wildman–Crippen MR) is 79.1 cm³/mol. The zero-order chi connectivity index (χ0) is 15.1. The SMILES string of the molecule is CCOc1cccc(C=NNC(=O)c2ccc(F)cc2)c1. The van der Waals surface area contributed by atoms with Gasteiger partial charge in [-0.2, -0.15) is 5.10 Å². The lowest BCUT2D eigenvalue weighted by molar-refractivity contribution is 0.0955. The van der Waals surface area contributed by atoms with E-state index in [1.165, 1.54) is 30.5 Å². The lowest BCUT2D eigenvalue weighted by atomic mass is 10.2. The van der Waals surface area contributed by atoms with E-state index in [1.54, 1.807) is 0 Å². The van der Waals surface area contributed by atoms with E-state index in [0.717, 1.165) is 11.3 Å². The Balaban J connectivity index is 1.97. The van der Waals surface area contributed by atoms with Gasteiger partial charge in [0.2, 0.25) is 0 Å². The van der Waals surface area contributed by atoms with Gasteiger partial charge in [0.15, 0.2) is 0 Å². The highest BCUT2D eigenvalue weighted by Crippen LogP contribution is 2.11. The fraction of sp³-hybridized carbons (Fsp3) is 0.125. The van der Waals surface area contributed by atoms with E-state index in [4.69, 9.17) is 4.74 Å². The van der Waals surface area contributed by atoms with E-state index in [1.807, 2.05) is 31.2 Å². The standard InChI is InChI=1S/C16H15FN2O2/c1-2-21-15-5-3-4-12(10-15)11-18-19-16(20)13-6-8-14(17)9-7-13/h3-11H,2H2,1H3,(H,19,20). The number of carbonyl (C=O) groups is 1. The lowest BCUT2D eigenvalue weighted by Crippen LogP contribution is -2.17. The molecule has 0 saturated carbocycles. The average Bonchev–Trinajstić information content (AvgIpc) is 2.48. The number of ether oxygens (including phenoxy) is 1. The number of nitrogens with zero attached hydrogens (tertiary/aromatic N) is 1. The average molecular weight is 286 g/mol. The molecule has 0 spiro atoms. The molecular weight excluding hydrogens is 271 g/mol. The van der Waals surface area contributed by atoms with Crippen molar-refractivity contribution in [3.63, 3.8) is 0 Å². The van der Waals surface area contributed by atoms with Crippen LogP contribution in [0.15, 0.2) is 53.6 Å². The van der Waals surface area contributed by atoms with Gasteiger partial charge in [0, 0.05) is 5.56 Å². The summed E-state index contributed by atoms with van der Waals surface area (Å²) in [5.41, 5.74) is 3.54. The molecule has 0 aliphatic carbocycles. The first kappa shape index (κ1) is 14.7. The fourth-order valence-corrected chi connectivity index (χ4v) is 1.68. The zero-order valence-corrected chi connectivity index (χ0v) is 11.5. The van der Waals surface area contributed by atoms with Crippen molar-refractivity contribution in [3.05, 3.63) is 65.5 Å². The maximum atomic E-state index is 12.8. The summed E-state index contributed by atoms with van der Waals surface area (Å²) >= 11 is 0. The summed E-state index contributed by atoms with van der Waals surface area (Å²) in [7, 11) is 0. The zero-order valence-electron chi connectivity index (χ0n) is 11.5. The van der Waals surface area contributed by atoms with Crippen molar-refractivity contribution >= 4 is 12.1 Å². The van der Waals surface area contributed by atoms with Crippen molar-refractivity contribution < 1.29 is 13.9 Å². The summed E-state index contributed by atoms with van der Waals surface area (Å²) in [6, 6.07) is 12.6. The van der Waals surface area contributed by atoms with Crippen LogP contribution in [0.1, 0.15) is 22.8 Å². The van der Waals surface area contributed by atoms with Crippen molar-refractivity contribution in [2.75, 3.05) is 6.61 Å². The van der Waals surface area contributed by atoms with E-state index in [0.29, 0.717) is 12.2 Å². The van der Waals surface area contributed by atoms with Crippen molar-refractivity contribution in [1.82, 2.24) is 5.43 Å². The molecule has 1 amide bonds. The molecule has 4 nitrogen and oxygen atoms in total.